The number of unbranched alkanes of at least 4 members (excludes halogenated alkanes) is 27. The summed E-state index contributed by atoms with van der Waals surface area (Å²) < 4.78 is 5.67. The van der Waals surface area contributed by atoms with Gasteiger partial charge in [0.2, 0.25) is 0 Å². The summed E-state index contributed by atoms with van der Waals surface area (Å²) in [5.74, 6) is -0.245. The van der Waals surface area contributed by atoms with Crippen LogP contribution in [0.25, 0.3) is 0 Å². The quantitative estimate of drug-likeness (QED) is 0.0463. The SMILES string of the molecule is C=CC(=O)OC(CCCCCCCCCCCCC)CCCCCCCCCCCCCCCCCCCC. The topological polar surface area (TPSA) is 26.3 Å². The summed E-state index contributed by atoms with van der Waals surface area (Å²) in [4.78, 5) is 11.8. The smallest absolute Gasteiger partial charge is 0.330 e. The van der Waals surface area contributed by atoms with Crippen molar-refractivity contribution in [3.63, 3.8) is 0 Å². The van der Waals surface area contributed by atoms with Gasteiger partial charge in [0.25, 0.3) is 0 Å². The van der Waals surface area contributed by atoms with E-state index in [0.29, 0.717) is 0 Å². The Bertz CT molecular complexity index is 486. The Morgan fingerprint density at radius 2 is 0.692 bits per heavy atom. The fourth-order valence-electron chi connectivity index (χ4n) is 5.78. The Hall–Kier alpha value is -0.790. The van der Waals surface area contributed by atoms with Crippen LogP contribution < -0.4 is 0 Å². The van der Waals surface area contributed by atoms with E-state index in [1.807, 2.05) is 0 Å². The van der Waals surface area contributed by atoms with Crippen molar-refractivity contribution in [1.29, 1.82) is 0 Å². The third-order valence-corrected chi connectivity index (χ3v) is 8.46. The summed E-state index contributed by atoms with van der Waals surface area (Å²) in [6, 6.07) is 0. The van der Waals surface area contributed by atoms with E-state index >= 15 is 0 Å². The zero-order chi connectivity index (χ0) is 28.5. The molecule has 2 nitrogen and oxygen atoms in total. The number of hydrogen-bond acceptors (Lipinski definition) is 2. The first-order valence-corrected chi connectivity index (χ1v) is 18.1. The van der Waals surface area contributed by atoms with Crippen molar-refractivity contribution >= 4 is 5.97 Å². The second-order valence-electron chi connectivity index (χ2n) is 12.4. The van der Waals surface area contributed by atoms with Crippen molar-refractivity contribution in [3.05, 3.63) is 12.7 Å². The van der Waals surface area contributed by atoms with Gasteiger partial charge in [0.15, 0.2) is 0 Å². The Labute approximate surface area is 246 Å². The Kier molecular flexibility index (Phi) is 32.7. The van der Waals surface area contributed by atoms with E-state index in [1.54, 1.807) is 0 Å². The van der Waals surface area contributed by atoms with Gasteiger partial charge in [0.1, 0.15) is 6.10 Å². The van der Waals surface area contributed by atoms with Crippen molar-refractivity contribution < 1.29 is 9.53 Å². The molecule has 1 atom stereocenters. The second kappa shape index (κ2) is 33.4. The third kappa shape index (κ3) is 31.6. The lowest BCUT2D eigenvalue weighted by Gasteiger charge is -2.17. The van der Waals surface area contributed by atoms with Gasteiger partial charge >= 0.3 is 5.97 Å². The zero-order valence-electron chi connectivity index (χ0n) is 27.1. The van der Waals surface area contributed by atoms with Crippen LogP contribution >= 0.6 is 0 Å². The molecule has 0 spiro atoms. The predicted molar refractivity (Wildman–Crippen MR) is 175 cm³/mol. The van der Waals surface area contributed by atoms with Gasteiger partial charge < -0.3 is 4.74 Å². The van der Waals surface area contributed by atoms with Gasteiger partial charge in [-0.15, -0.1) is 0 Å². The number of carbonyl (C=O) groups is 1. The number of carbonyl (C=O) groups excluding carboxylic acids is 1. The predicted octanol–water partition coefficient (Wildman–Crippen LogP) is 13.2. The minimum absolute atomic E-state index is 0.0927. The van der Waals surface area contributed by atoms with Gasteiger partial charge in [-0.1, -0.05) is 194 Å². The number of rotatable bonds is 33. The van der Waals surface area contributed by atoms with Gasteiger partial charge in [-0.05, 0) is 25.7 Å². The molecule has 0 aliphatic heterocycles. The lowest BCUT2D eigenvalue weighted by atomic mass is 10.0. The van der Waals surface area contributed by atoms with Crippen LogP contribution in [0.2, 0.25) is 0 Å². The fraction of sp³-hybridized carbons (Fsp3) is 0.919. The highest BCUT2D eigenvalue weighted by Gasteiger charge is 2.12. The van der Waals surface area contributed by atoms with Gasteiger partial charge in [-0.2, -0.15) is 0 Å². The normalized spacial score (nSPS) is 12.1. The van der Waals surface area contributed by atoms with Crippen LogP contribution in [0.5, 0.6) is 0 Å². The largest absolute Gasteiger partial charge is 0.459 e. The molecular formula is C37H72O2. The van der Waals surface area contributed by atoms with E-state index in [9.17, 15) is 4.79 Å². The summed E-state index contributed by atoms with van der Waals surface area (Å²) >= 11 is 0. The second-order valence-corrected chi connectivity index (χ2v) is 12.4. The zero-order valence-corrected chi connectivity index (χ0v) is 27.1. The molecule has 0 aliphatic carbocycles. The highest BCUT2D eigenvalue weighted by Crippen LogP contribution is 2.19. The average molecular weight is 549 g/mol. The Morgan fingerprint density at radius 3 is 0.923 bits per heavy atom. The molecule has 0 heterocycles. The van der Waals surface area contributed by atoms with E-state index in [-0.39, 0.29) is 12.1 Å². The summed E-state index contributed by atoms with van der Waals surface area (Å²) in [5, 5.41) is 0. The van der Waals surface area contributed by atoms with Crippen molar-refractivity contribution in [2.24, 2.45) is 0 Å². The average Bonchev–Trinajstić information content (AvgIpc) is 2.94. The van der Waals surface area contributed by atoms with Gasteiger partial charge in [0.05, 0.1) is 0 Å². The molecule has 0 saturated heterocycles. The summed E-state index contributed by atoms with van der Waals surface area (Å²) in [6.07, 6.45) is 43.6. The van der Waals surface area contributed by atoms with Crippen LogP contribution in [-0.2, 0) is 9.53 Å². The molecular weight excluding hydrogens is 476 g/mol. The van der Waals surface area contributed by atoms with E-state index in [1.165, 1.54) is 192 Å². The Balaban J connectivity index is 3.55. The summed E-state index contributed by atoms with van der Waals surface area (Å²) in [7, 11) is 0. The lowest BCUT2D eigenvalue weighted by Crippen LogP contribution is -2.16. The molecule has 0 rings (SSSR count). The van der Waals surface area contributed by atoms with Crippen molar-refractivity contribution in [2.75, 3.05) is 0 Å². The van der Waals surface area contributed by atoms with E-state index in [2.05, 4.69) is 20.4 Å². The third-order valence-electron chi connectivity index (χ3n) is 8.46. The molecule has 0 fully saturated rings. The van der Waals surface area contributed by atoms with Gasteiger partial charge in [-0.3, -0.25) is 0 Å². The van der Waals surface area contributed by atoms with Crippen LogP contribution in [0.3, 0.4) is 0 Å². The van der Waals surface area contributed by atoms with Crippen LogP contribution in [0.1, 0.15) is 213 Å². The molecule has 0 radical (unpaired) electrons. The molecule has 0 amide bonds. The van der Waals surface area contributed by atoms with Crippen molar-refractivity contribution in [3.8, 4) is 0 Å². The molecule has 0 aromatic heterocycles. The molecule has 0 aromatic rings. The molecule has 2 heteroatoms. The number of ether oxygens (including phenoxy) is 1. The van der Waals surface area contributed by atoms with E-state index < -0.39 is 0 Å². The molecule has 0 bridgehead atoms. The fourth-order valence-corrected chi connectivity index (χ4v) is 5.78. The van der Waals surface area contributed by atoms with Crippen LogP contribution in [-0.4, -0.2) is 12.1 Å². The molecule has 1 unspecified atom stereocenters. The van der Waals surface area contributed by atoms with E-state index in [0.717, 1.165) is 12.8 Å². The van der Waals surface area contributed by atoms with Crippen molar-refractivity contribution in [1.82, 2.24) is 0 Å². The number of hydrogen-bond donors (Lipinski definition) is 0. The standard InChI is InChI=1S/C37H72O2/c1-4-7-9-11-13-15-17-18-19-20-21-22-23-25-27-29-31-33-35-36(39-37(38)6-3)34-32-30-28-26-24-16-14-12-10-8-5-2/h6,36H,3-5,7-35H2,1-2H3. The molecule has 0 aliphatic rings. The first kappa shape index (κ1) is 38.2. The maximum absolute atomic E-state index is 11.8. The van der Waals surface area contributed by atoms with Crippen LogP contribution in [0.15, 0.2) is 12.7 Å². The van der Waals surface area contributed by atoms with Crippen LogP contribution in [0.4, 0.5) is 0 Å². The molecule has 39 heavy (non-hydrogen) atoms. The lowest BCUT2D eigenvalue weighted by molar-refractivity contribution is -0.143. The van der Waals surface area contributed by atoms with Crippen molar-refractivity contribution in [2.45, 2.75) is 219 Å². The highest BCUT2D eigenvalue weighted by atomic mass is 16.5. The minimum Gasteiger partial charge on any atom is -0.459 e. The molecule has 0 saturated carbocycles. The number of esters is 1. The van der Waals surface area contributed by atoms with Gasteiger partial charge in [-0.25, -0.2) is 4.79 Å². The first-order valence-electron chi connectivity index (χ1n) is 18.1. The van der Waals surface area contributed by atoms with E-state index in [4.69, 9.17) is 4.74 Å². The Morgan fingerprint density at radius 1 is 0.462 bits per heavy atom. The maximum Gasteiger partial charge on any atom is 0.330 e. The monoisotopic (exact) mass is 549 g/mol. The van der Waals surface area contributed by atoms with Crippen LogP contribution in [0, 0.1) is 0 Å². The summed E-state index contributed by atoms with van der Waals surface area (Å²) in [6.45, 7) is 8.16. The van der Waals surface area contributed by atoms with Gasteiger partial charge in [0, 0.05) is 6.08 Å². The molecule has 232 valence electrons. The molecule has 0 N–H and O–H groups in total. The summed E-state index contributed by atoms with van der Waals surface area (Å²) in [5.41, 5.74) is 0. The maximum atomic E-state index is 11.8. The molecule has 0 aromatic carbocycles. The minimum atomic E-state index is -0.245. The highest BCUT2D eigenvalue weighted by molar-refractivity contribution is 5.81. The first-order chi connectivity index (χ1) is 19.2.